The van der Waals surface area contributed by atoms with Gasteiger partial charge in [0, 0.05) is 6.54 Å². The van der Waals surface area contributed by atoms with Crippen LogP contribution in [0.2, 0.25) is 0 Å². The van der Waals surface area contributed by atoms with Crippen LogP contribution in [0.4, 0.5) is 4.79 Å². The van der Waals surface area contributed by atoms with Gasteiger partial charge in [0.2, 0.25) is 17.6 Å². The SMILES string of the molecule is CCCCC(NC(=O)C1C2C(CN1C(=O)C(NC(=O)OC(C)(C)C)C(C)(C)C)C2(C)C)C(=O)C(=O)NOC. The number of carbonyl (C=O) groups is 5. The highest BCUT2D eigenvalue weighted by molar-refractivity contribution is 6.38. The van der Waals surface area contributed by atoms with Crippen LogP contribution in [-0.4, -0.2) is 71.9 Å². The molecule has 0 aromatic carbocycles. The van der Waals surface area contributed by atoms with Gasteiger partial charge in [-0.2, -0.15) is 0 Å². The van der Waals surface area contributed by atoms with Gasteiger partial charge in [0.1, 0.15) is 17.7 Å². The molecule has 11 nitrogen and oxygen atoms in total. The summed E-state index contributed by atoms with van der Waals surface area (Å²) in [5.41, 5.74) is 0.435. The molecule has 1 heterocycles. The highest BCUT2D eigenvalue weighted by Crippen LogP contribution is 2.65. The molecular formula is C27H46N4O7. The predicted molar refractivity (Wildman–Crippen MR) is 140 cm³/mol. The number of piperidine rings is 1. The molecule has 3 N–H and O–H groups in total. The van der Waals surface area contributed by atoms with Crippen LogP contribution in [0.5, 0.6) is 0 Å². The number of ether oxygens (including phenoxy) is 1. The van der Waals surface area contributed by atoms with Gasteiger partial charge in [-0.25, -0.2) is 10.3 Å². The number of hydrogen-bond donors (Lipinski definition) is 3. The third-order valence-corrected chi connectivity index (χ3v) is 7.43. The zero-order valence-electron chi connectivity index (χ0n) is 24.5. The lowest BCUT2D eigenvalue weighted by Gasteiger charge is -2.38. The van der Waals surface area contributed by atoms with Crippen molar-refractivity contribution in [2.24, 2.45) is 22.7 Å². The van der Waals surface area contributed by atoms with Crippen molar-refractivity contribution in [1.82, 2.24) is 21.0 Å². The minimum absolute atomic E-state index is 0.103. The van der Waals surface area contributed by atoms with E-state index in [4.69, 9.17) is 4.74 Å². The third kappa shape index (κ3) is 7.24. The number of ketones is 1. The molecule has 2 fully saturated rings. The molecule has 2 rings (SSSR count). The Hall–Kier alpha value is -2.69. The van der Waals surface area contributed by atoms with Crippen LogP contribution in [-0.2, 0) is 28.8 Å². The smallest absolute Gasteiger partial charge is 0.408 e. The highest BCUT2D eigenvalue weighted by Gasteiger charge is 2.70. The summed E-state index contributed by atoms with van der Waals surface area (Å²) in [6.07, 6.45) is 0.946. The second kappa shape index (κ2) is 11.6. The minimum atomic E-state index is -1.05. The lowest BCUT2D eigenvalue weighted by molar-refractivity contribution is -0.147. The molecule has 1 saturated carbocycles. The van der Waals surface area contributed by atoms with Crippen LogP contribution >= 0.6 is 0 Å². The maximum Gasteiger partial charge on any atom is 0.408 e. The molecule has 1 saturated heterocycles. The molecule has 0 aromatic heterocycles. The molecule has 0 spiro atoms. The van der Waals surface area contributed by atoms with Gasteiger partial charge in [0.05, 0.1) is 13.2 Å². The van der Waals surface area contributed by atoms with Crippen LogP contribution in [0, 0.1) is 22.7 Å². The van der Waals surface area contributed by atoms with Crippen LogP contribution in [0.1, 0.15) is 81.6 Å². The quantitative estimate of drug-likeness (QED) is 0.286. The molecule has 1 aliphatic carbocycles. The largest absolute Gasteiger partial charge is 0.444 e. The Kier molecular flexibility index (Phi) is 9.62. The topological polar surface area (TPSA) is 143 Å². The lowest BCUT2D eigenvalue weighted by Crippen LogP contribution is -2.60. The summed E-state index contributed by atoms with van der Waals surface area (Å²) in [4.78, 5) is 71.2. The molecular weight excluding hydrogens is 492 g/mol. The van der Waals surface area contributed by atoms with Crippen LogP contribution in [0.15, 0.2) is 0 Å². The maximum atomic E-state index is 13.9. The van der Waals surface area contributed by atoms with E-state index in [0.717, 1.165) is 6.42 Å². The predicted octanol–water partition coefficient (Wildman–Crippen LogP) is 2.33. The summed E-state index contributed by atoms with van der Waals surface area (Å²) in [7, 11) is 1.22. The van der Waals surface area contributed by atoms with Crippen molar-refractivity contribution in [3.05, 3.63) is 0 Å². The number of nitrogens with zero attached hydrogens (tertiary/aromatic N) is 1. The first-order valence-electron chi connectivity index (χ1n) is 13.3. The number of carbonyl (C=O) groups excluding carboxylic acids is 5. The van der Waals surface area contributed by atoms with Crippen molar-refractivity contribution >= 4 is 29.6 Å². The highest BCUT2D eigenvalue weighted by atomic mass is 16.6. The van der Waals surface area contributed by atoms with Crippen molar-refractivity contribution < 1.29 is 33.5 Å². The minimum Gasteiger partial charge on any atom is -0.444 e. The van der Waals surface area contributed by atoms with Gasteiger partial charge >= 0.3 is 12.0 Å². The second-order valence-corrected chi connectivity index (χ2v) is 13.0. The Morgan fingerprint density at radius 2 is 1.63 bits per heavy atom. The molecule has 0 bridgehead atoms. The van der Waals surface area contributed by atoms with Gasteiger partial charge in [-0.1, -0.05) is 54.4 Å². The average molecular weight is 539 g/mol. The fraction of sp³-hybridized carbons (Fsp3) is 0.815. The van der Waals surface area contributed by atoms with Crippen molar-refractivity contribution in [2.45, 2.75) is 105 Å². The first-order valence-corrected chi connectivity index (χ1v) is 13.3. The fourth-order valence-corrected chi connectivity index (χ4v) is 5.29. The maximum absolute atomic E-state index is 13.9. The monoisotopic (exact) mass is 538 g/mol. The number of alkyl carbamates (subject to hydrolysis) is 1. The van der Waals surface area contributed by atoms with Crippen LogP contribution in [0.3, 0.4) is 0 Å². The molecule has 0 aromatic rings. The molecule has 1 aliphatic heterocycles. The van der Waals surface area contributed by atoms with Crippen molar-refractivity contribution in [3.63, 3.8) is 0 Å². The van der Waals surface area contributed by atoms with Gasteiger partial charge in [-0.15, -0.1) is 0 Å². The Bertz CT molecular complexity index is 935. The lowest BCUT2D eigenvalue weighted by atomic mass is 9.85. The first kappa shape index (κ1) is 31.5. The molecule has 38 heavy (non-hydrogen) atoms. The Morgan fingerprint density at radius 3 is 2.13 bits per heavy atom. The first-order chi connectivity index (χ1) is 17.4. The number of rotatable bonds is 10. The van der Waals surface area contributed by atoms with E-state index in [2.05, 4.69) is 29.3 Å². The van der Waals surface area contributed by atoms with Gasteiger partial charge in [-0.3, -0.25) is 24.0 Å². The number of likely N-dealkylation sites (tertiary alicyclic amines) is 1. The van der Waals surface area contributed by atoms with Crippen molar-refractivity contribution in [1.29, 1.82) is 0 Å². The summed E-state index contributed by atoms with van der Waals surface area (Å²) in [5, 5.41) is 5.46. The van der Waals surface area contributed by atoms with E-state index in [9.17, 15) is 24.0 Å². The molecule has 5 atom stereocenters. The molecule has 2 aliphatic rings. The second-order valence-electron chi connectivity index (χ2n) is 13.0. The Labute approximate surface area is 226 Å². The van der Waals surface area contributed by atoms with Gasteiger partial charge in [0.25, 0.3) is 0 Å². The zero-order chi connectivity index (χ0) is 29.2. The molecule has 0 radical (unpaired) electrons. The normalized spacial score (nSPS) is 23.5. The van der Waals surface area contributed by atoms with Crippen molar-refractivity contribution in [3.8, 4) is 0 Å². The van der Waals surface area contributed by atoms with Gasteiger partial charge in [-0.05, 0) is 49.9 Å². The number of hydrogen-bond acceptors (Lipinski definition) is 7. The number of Topliss-reactive ketones (excluding diaryl/α,β-unsaturated/α-hetero) is 1. The summed E-state index contributed by atoms with van der Waals surface area (Å²) in [5.74, 6) is -2.64. The van der Waals surface area contributed by atoms with Gasteiger partial charge < -0.3 is 20.3 Å². The fourth-order valence-electron chi connectivity index (χ4n) is 5.29. The summed E-state index contributed by atoms with van der Waals surface area (Å²) in [6.45, 7) is 17.1. The van der Waals surface area contributed by atoms with E-state index < -0.39 is 52.8 Å². The Morgan fingerprint density at radius 1 is 1.03 bits per heavy atom. The van der Waals surface area contributed by atoms with E-state index in [0.29, 0.717) is 13.0 Å². The van der Waals surface area contributed by atoms with E-state index in [-0.39, 0.29) is 29.6 Å². The summed E-state index contributed by atoms with van der Waals surface area (Å²) < 4.78 is 5.39. The Balaban J connectivity index is 2.32. The van der Waals surface area contributed by atoms with Crippen LogP contribution < -0.4 is 16.1 Å². The summed E-state index contributed by atoms with van der Waals surface area (Å²) >= 11 is 0. The number of fused-ring (bicyclic) bond motifs is 1. The van der Waals surface area contributed by atoms with E-state index in [1.807, 2.05) is 33.2 Å². The standard InChI is InChI=1S/C27H46N4O7/c1-11-12-13-16(19(32)22(34)30-37-10)28-21(33)18-17-15(27(17,8)9)14-31(18)23(35)20(25(2,3)4)29-24(36)38-26(5,6)7/h15-18,20H,11-14H2,1-10H3,(H,28,33)(H,29,36)(H,30,34). The van der Waals surface area contributed by atoms with E-state index in [1.54, 1.807) is 20.8 Å². The summed E-state index contributed by atoms with van der Waals surface area (Å²) in [6, 6.07) is -2.83. The van der Waals surface area contributed by atoms with Crippen molar-refractivity contribution in [2.75, 3.05) is 13.7 Å². The number of amides is 4. The third-order valence-electron chi connectivity index (χ3n) is 7.43. The van der Waals surface area contributed by atoms with Crippen LogP contribution in [0.25, 0.3) is 0 Å². The molecule has 4 amide bonds. The van der Waals surface area contributed by atoms with E-state index in [1.165, 1.54) is 12.0 Å². The molecule has 216 valence electrons. The zero-order valence-corrected chi connectivity index (χ0v) is 24.5. The molecule has 5 unspecified atom stereocenters. The average Bonchev–Trinajstić information content (AvgIpc) is 3.11. The van der Waals surface area contributed by atoms with E-state index >= 15 is 0 Å². The number of nitrogens with one attached hydrogen (secondary N) is 3. The van der Waals surface area contributed by atoms with Gasteiger partial charge in [0.15, 0.2) is 0 Å². The number of hydroxylamine groups is 1. The molecule has 11 heteroatoms. The number of unbranched alkanes of at least 4 members (excludes halogenated alkanes) is 1.